The van der Waals surface area contributed by atoms with Crippen molar-refractivity contribution in [3.8, 4) is 0 Å². The largest absolute Gasteiger partial charge is 1.00 e. The Balaban J connectivity index is 0. The maximum absolute atomic E-state index is 7.54. The monoisotopic (exact) mass is 1110 g/mol. The standard InChI is InChI=1S/C30H50BP2.C9H12N.2C8H16O4.C5H12.Cu.Li/c1-27(2,3)32(28(4,5)6)23-31(25-19-15-13-16-20-25,26-21-17-14-18-22-26)24-33(29(7,8)9)30(10,11)12;1-6-4-7(2)9(10)8(3)5-6;2*1-2-10-5-6-12-8-7-11-4-3-9-1;1-3-5-4-2;;/h13-22H,23-24H2,1-12H3;4-5,10H,1-3H3;2*1-8H2;3-5H2,1-2H3;;/q2*-1;;;;2*+1/p+2. The molecule has 3 aromatic carbocycles. The molecule has 3 aromatic rings. The van der Waals surface area contributed by atoms with Crippen molar-refractivity contribution >= 4 is 38.6 Å². The zero-order chi connectivity index (χ0) is 54.1. The molecule has 2 aliphatic heterocycles. The smallest absolute Gasteiger partial charge is 0.698 e. The van der Waals surface area contributed by atoms with Crippen LogP contribution in [0, 0.1) is 20.8 Å². The van der Waals surface area contributed by atoms with Crippen LogP contribution >= 0.6 is 15.8 Å². The molecule has 0 spiro atoms. The van der Waals surface area contributed by atoms with Gasteiger partial charge in [0, 0.05) is 0 Å². The van der Waals surface area contributed by atoms with Crippen molar-refractivity contribution in [2.45, 2.75) is 158 Å². The summed E-state index contributed by atoms with van der Waals surface area (Å²) in [6.07, 6.45) is 3.19. The van der Waals surface area contributed by atoms with Gasteiger partial charge in [-0.3, -0.25) is 0 Å². The number of rotatable bonds is 8. The van der Waals surface area contributed by atoms with Gasteiger partial charge in [-0.25, -0.2) is 0 Å². The van der Waals surface area contributed by atoms with Crippen LogP contribution in [0.5, 0.6) is 0 Å². The van der Waals surface area contributed by atoms with Crippen LogP contribution in [0.2, 0.25) is 0 Å². The van der Waals surface area contributed by atoms with Gasteiger partial charge < -0.3 is 43.6 Å². The Hall–Kier alpha value is -0.818. The van der Waals surface area contributed by atoms with Gasteiger partial charge in [0.15, 0.2) is 0 Å². The minimum Gasteiger partial charge on any atom is -0.698 e. The van der Waals surface area contributed by atoms with Gasteiger partial charge in [0.05, 0.1) is 126 Å². The number of ether oxygens (including phenoxy) is 8. The molecular formula is C60H108BCuLiNO8P2+2. The minimum absolute atomic E-state index is 0. The summed E-state index contributed by atoms with van der Waals surface area (Å²) < 4.78 is 41.7. The van der Waals surface area contributed by atoms with E-state index < -0.39 is 22.0 Å². The Kier molecular flexibility index (Phi) is 41.9. The first kappa shape index (κ1) is 75.3. The van der Waals surface area contributed by atoms with Gasteiger partial charge in [-0.1, -0.05) is 135 Å². The van der Waals surface area contributed by atoms with Gasteiger partial charge in [0.25, 0.3) is 0 Å². The molecule has 2 fully saturated rings. The Bertz CT molecular complexity index is 1550. The third-order valence-electron chi connectivity index (χ3n) is 13.0. The molecule has 2 saturated heterocycles. The maximum Gasteiger partial charge on any atom is 1.00 e. The fraction of sp³-hybridized carbons (Fsp3) is 0.700. The molecule has 74 heavy (non-hydrogen) atoms. The molecule has 0 amide bonds. The number of hydrogen-bond donors (Lipinski definition) is 0. The van der Waals surface area contributed by atoms with Gasteiger partial charge in [0.1, 0.15) is 6.15 Å². The van der Waals surface area contributed by atoms with Gasteiger partial charge >= 0.3 is 35.9 Å². The summed E-state index contributed by atoms with van der Waals surface area (Å²) in [5, 5.41) is 1.37. The van der Waals surface area contributed by atoms with Crippen molar-refractivity contribution in [3.05, 3.63) is 95.2 Å². The van der Waals surface area contributed by atoms with Crippen molar-refractivity contribution in [1.82, 2.24) is 0 Å². The molecule has 0 bridgehead atoms. The van der Waals surface area contributed by atoms with Gasteiger partial charge in [-0.2, -0.15) is 10.9 Å². The van der Waals surface area contributed by atoms with Crippen LogP contribution in [0.1, 0.15) is 133 Å². The number of nitrogens with one attached hydrogen (secondary N) is 1. The van der Waals surface area contributed by atoms with Crippen LogP contribution in [0.25, 0.3) is 5.73 Å². The molecule has 0 radical (unpaired) electrons. The van der Waals surface area contributed by atoms with Gasteiger partial charge in [-0.15, -0.1) is 5.69 Å². The molecule has 424 valence electrons. The average molecular weight is 1110 g/mol. The first-order chi connectivity index (χ1) is 33.9. The van der Waals surface area contributed by atoms with Crippen molar-refractivity contribution in [3.63, 3.8) is 0 Å². The third-order valence-corrected chi connectivity index (χ3v) is 22.4. The van der Waals surface area contributed by atoms with Crippen molar-refractivity contribution in [2.75, 3.05) is 118 Å². The summed E-state index contributed by atoms with van der Waals surface area (Å²) in [6.45, 7) is 50.7. The summed E-state index contributed by atoms with van der Waals surface area (Å²) >= 11 is 0. The van der Waals surface area contributed by atoms with Crippen LogP contribution in [0.3, 0.4) is 0 Å². The molecule has 5 rings (SSSR count). The van der Waals surface area contributed by atoms with Gasteiger partial charge in [-0.05, 0) is 120 Å². The van der Waals surface area contributed by atoms with E-state index in [2.05, 4.69) is 165 Å². The van der Waals surface area contributed by atoms with E-state index in [1.54, 1.807) is 10.9 Å². The molecule has 0 saturated carbocycles. The fourth-order valence-electron chi connectivity index (χ4n) is 9.84. The van der Waals surface area contributed by atoms with Crippen molar-refractivity contribution < 1.29 is 73.8 Å². The predicted molar refractivity (Wildman–Crippen MR) is 320 cm³/mol. The Morgan fingerprint density at radius 2 is 0.635 bits per heavy atom. The second-order valence-electron chi connectivity index (χ2n) is 23.5. The summed E-state index contributed by atoms with van der Waals surface area (Å²) in [7, 11) is -1.43. The predicted octanol–water partition coefficient (Wildman–Crippen LogP) is 10.6. The van der Waals surface area contributed by atoms with Crippen molar-refractivity contribution in [2.24, 2.45) is 0 Å². The fourth-order valence-corrected chi connectivity index (χ4v) is 19.7. The molecule has 2 aliphatic rings. The molecular weight excluding hydrogens is 1010 g/mol. The van der Waals surface area contributed by atoms with E-state index in [1.165, 1.54) is 36.9 Å². The zero-order valence-electron chi connectivity index (χ0n) is 50.4. The van der Waals surface area contributed by atoms with E-state index in [1.807, 2.05) is 26.0 Å². The molecule has 0 unspecified atom stereocenters. The average Bonchev–Trinajstić information content (AvgIpc) is 3.29. The Morgan fingerprint density at radius 3 is 0.811 bits per heavy atom. The SMILES string of the molecule is C1COCCOCCOCCO1.C1COCCOCCOCCO1.CC(C)(C)[PH+](C[B-](C[PH+](C(C)(C)C)C(C)(C)C)(c1ccccc1)c1ccccc1)C(C)(C)C.CCCCC.Cc1cc(C)c([NH-])c(C)c1.[Cu+].[Li+]. The first-order valence-electron chi connectivity index (χ1n) is 27.4. The molecule has 14 heteroatoms. The summed E-state index contributed by atoms with van der Waals surface area (Å²) in [6, 6.07) is 30.0. The number of benzene rings is 3. The van der Waals surface area contributed by atoms with Crippen molar-refractivity contribution in [1.29, 1.82) is 0 Å². The summed E-state index contributed by atoms with van der Waals surface area (Å²) in [5.74, 6) is 0. The van der Waals surface area contributed by atoms with E-state index in [0.717, 1.165) is 11.1 Å². The molecule has 2 heterocycles. The number of unbranched alkanes of at least 4 members (excludes halogenated alkanes) is 2. The molecule has 0 aromatic heterocycles. The molecule has 0 aliphatic carbocycles. The third kappa shape index (κ3) is 32.9. The van der Waals surface area contributed by atoms with E-state index in [0.29, 0.717) is 132 Å². The number of hydrogen-bond acceptors (Lipinski definition) is 8. The second kappa shape index (κ2) is 41.2. The second-order valence-corrected chi connectivity index (χ2v) is 32.2. The number of aryl methyl sites for hydroxylation is 3. The molecule has 0 atom stereocenters. The summed E-state index contributed by atoms with van der Waals surface area (Å²) in [4.78, 5) is 0. The van der Waals surface area contributed by atoms with E-state index >= 15 is 0 Å². The van der Waals surface area contributed by atoms with Crippen LogP contribution in [0.15, 0.2) is 72.8 Å². The maximum atomic E-state index is 7.54. The zero-order valence-corrected chi connectivity index (χ0v) is 53.4. The molecule has 9 nitrogen and oxygen atoms in total. The van der Waals surface area contributed by atoms with Crippen LogP contribution < -0.4 is 29.8 Å². The van der Waals surface area contributed by atoms with Crippen LogP contribution in [-0.2, 0) is 55.0 Å². The van der Waals surface area contributed by atoms with E-state index in [9.17, 15) is 0 Å². The molecule has 1 N–H and O–H groups in total. The normalized spacial score (nSPS) is 16.0. The first-order valence-corrected chi connectivity index (χ1v) is 30.8. The van der Waals surface area contributed by atoms with Gasteiger partial charge in [0.2, 0.25) is 0 Å². The van der Waals surface area contributed by atoms with E-state index in [4.69, 9.17) is 43.6 Å². The minimum atomic E-state index is -0.884. The quantitative estimate of drug-likeness (QED) is 0.163. The summed E-state index contributed by atoms with van der Waals surface area (Å²) in [5.41, 5.74) is 14.7. The topological polar surface area (TPSA) is 97.6 Å². The van der Waals surface area contributed by atoms with Crippen LogP contribution in [0.4, 0.5) is 5.69 Å². The Morgan fingerprint density at radius 1 is 0.419 bits per heavy atom. The van der Waals surface area contributed by atoms with Crippen LogP contribution in [-0.4, -0.2) is 145 Å². The Labute approximate surface area is 480 Å². The van der Waals surface area contributed by atoms with E-state index in [-0.39, 0.29) is 35.9 Å².